The summed E-state index contributed by atoms with van der Waals surface area (Å²) in [6.07, 6.45) is 2.98. The number of anilines is 1. The highest BCUT2D eigenvalue weighted by molar-refractivity contribution is 6.37. The molecule has 0 bridgehead atoms. The van der Waals surface area contributed by atoms with Crippen LogP contribution in [-0.4, -0.2) is 38.1 Å². The SMILES string of the molecule is Cc1cc(OCCCc2c3n(c4ccccc24)CC(=O)N(c2c(C(=O)O)c(Cl)c(C)c4cc(-c5c(C)ncnc5C)ccc24)C3)cc(C)c1Cl. The van der Waals surface area contributed by atoms with E-state index < -0.39 is 5.97 Å². The topological polar surface area (TPSA) is 97.5 Å². The number of aryl methyl sites for hydroxylation is 6. The zero-order chi connectivity index (χ0) is 35.4. The molecule has 0 radical (unpaired) electrons. The second-order valence-electron chi connectivity index (χ2n) is 13.0. The third kappa shape index (κ3) is 5.66. The minimum atomic E-state index is -1.19. The van der Waals surface area contributed by atoms with Crippen molar-refractivity contribution < 1.29 is 19.4 Å². The van der Waals surface area contributed by atoms with E-state index in [1.807, 2.05) is 83.1 Å². The standard InChI is InChI=1S/C40H36Cl2N4O4/c1-21-15-27(16-22(2)37(21)41)50-14-8-10-29-28-9-6-7-11-32(28)45-19-34(47)46(18-33(29)45)39-30-13-12-26(35-24(4)43-20-44-25(35)5)17-31(30)23(3)38(42)36(39)40(48)49/h6-7,9,11-13,15-17,20H,8,10,14,18-19H2,1-5H3,(H,48,49). The van der Waals surface area contributed by atoms with E-state index in [0.717, 1.165) is 78.4 Å². The van der Waals surface area contributed by atoms with Crippen molar-refractivity contribution in [2.75, 3.05) is 11.5 Å². The van der Waals surface area contributed by atoms with E-state index in [2.05, 4.69) is 20.6 Å². The fraction of sp³-hybridized carbons (Fsp3) is 0.250. The summed E-state index contributed by atoms with van der Waals surface area (Å²) in [5.41, 5.74) is 9.30. The number of halogens is 2. The molecule has 254 valence electrons. The third-order valence-electron chi connectivity index (χ3n) is 9.81. The van der Waals surface area contributed by atoms with Gasteiger partial charge < -0.3 is 19.3 Å². The highest BCUT2D eigenvalue weighted by atomic mass is 35.5. The van der Waals surface area contributed by atoms with Crippen LogP contribution in [0.4, 0.5) is 5.69 Å². The lowest BCUT2D eigenvalue weighted by atomic mass is 9.93. The Kier molecular flexibility index (Phi) is 8.78. The first kappa shape index (κ1) is 33.6. The zero-order valence-electron chi connectivity index (χ0n) is 28.5. The number of para-hydroxylation sites is 1. The first-order chi connectivity index (χ1) is 24.0. The monoisotopic (exact) mass is 706 g/mol. The fourth-order valence-electron chi connectivity index (χ4n) is 7.41. The van der Waals surface area contributed by atoms with Crippen LogP contribution >= 0.6 is 23.2 Å². The summed E-state index contributed by atoms with van der Waals surface area (Å²) >= 11 is 13.2. The van der Waals surface area contributed by atoms with E-state index in [4.69, 9.17) is 27.9 Å². The van der Waals surface area contributed by atoms with Crippen LogP contribution in [0.3, 0.4) is 0 Å². The molecule has 0 fully saturated rings. The van der Waals surface area contributed by atoms with E-state index >= 15 is 0 Å². The number of carbonyl (C=O) groups excluding carboxylic acids is 1. The lowest BCUT2D eigenvalue weighted by Crippen LogP contribution is -2.40. The zero-order valence-corrected chi connectivity index (χ0v) is 30.0. The molecule has 0 spiro atoms. The number of carboxylic acid groups (broad SMARTS) is 1. The molecule has 0 saturated carbocycles. The average Bonchev–Trinajstić information content (AvgIpc) is 3.38. The summed E-state index contributed by atoms with van der Waals surface area (Å²) in [6, 6.07) is 17.8. The first-order valence-electron chi connectivity index (χ1n) is 16.5. The molecular formula is C40H36Cl2N4O4. The lowest BCUT2D eigenvalue weighted by molar-refractivity contribution is -0.119. The van der Waals surface area contributed by atoms with Crippen molar-refractivity contribution in [3.8, 4) is 16.9 Å². The predicted octanol–water partition coefficient (Wildman–Crippen LogP) is 9.36. The molecule has 2 aromatic heterocycles. The Bertz CT molecular complexity index is 2340. The number of ether oxygens (including phenoxy) is 1. The van der Waals surface area contributed by atoms with Crippen LogP contribution in [0.5, 0.6) is 5.75 Å². The van der Waals surface area contributed by atoms with Crippen LogP contribution in [0.15, 0.2) is 60.9 Å². The molecule has 0 atom stereocenters. The number of amides is 1. The van der Waals surface area contributed by atoms with Gasteiger partial charge >= 0.3 is 5.97 Å². The highest BCUT2D eigenvalue weighted by Gasteiger charge is 2.34. The lowest BCUT2D eigenvalue weighted by Gasteiger charge is -2.32. The number of carboxylic acids is 1. The maximum absolute atomic E-state index is 14.1. The van der Waals surface area contributed by atoms with Gasteiger partial charge in [-0.3, -0.25) is 4.79 Å². The van der Waals surface area contributed by atoms with Gasteiger partial charge in [-0.05, 0) is 105 Å². The average molecular weight is 708 g/mol. The summed E-state index contributed by atoms with van der Waals surface area (Å²) in [7, 11) is 0. The van der Waals surface area contributed by atoms with Crippen LogP contribution in [0.25, 0.3) is 32.8 Å². The van der Waals surface area contributed by atoms with Gasteiger partial charge in [0.15, 0.2) is 0 Å². The number of benzene rings is 4. The van der Waals surface area contributed by atoms with Gasteiger partial charge in [-0.1, -0.05) is 53.5 Å². The molecule has 3 heterocycles. The van der Waals surface area contributed by atoms with Crippen LogP contribution in [-0.2, 0) is 24.3 Å². The summed E-state index contributed by atoms with van der Waals surface area (Å²) in [6.45, 7) is 10.4. The van der Waals surface area contributed by atoms with E-state index in [9.17, 15) is 14.7 Å². The molecule has 1 aliphatic rings. The number of hydrogen-bond acceptors (Lipinski definition) is 5. The Morgan fingerprint density at radius 1 is 0.880 bits per heavy atom. The smallest absolute Gasteiger partial charge is 0.339 e. The van der Waals surface area contributed by atoms with Gasteiger partial charge in [-0.2, -0.15) is 0 Å². The summed E-state index contributed by atoms with van der Waals surface area (Å²) in [5, 5.41) is 13.9. The first-order valence-corrected chi connectivity index (χ1v) is 17.3. The largest absolute Gasteiger partial charge is 0.494 e. The van der Waals surface area contributed by atoms with Crippen LogP contribution in [0.2, 0.25) is 10.0 Å². The maximum atomic E-state index is 14.1. The molecule has 1 N–H and O–H groups in total. The number of carbonyl (C=O) groups is 2. The van der Waals surface area contributed by atoms with Crippen molar-refractivity contribution in [1.82, 2.24) is 14.5 Å². The quantitative estimate of drug-likeness (QED) is 0.158. The molecule has 50 heavy (non-hydrogen) atoms. The van der Waals surface area contributed by atoms with E-state index in [0.29, 0.717) is 29.7 Å². The van der Waals surface area contributed by atoms with Gasteiger partial charge in [0.05, 0.1) is 23.9 Å². The second-order valence-corrected chi connectivity index (χ2v) is 13.7. The normalized spacial score (nSPS) is 12.9. The molecule has 1 aliphatic heterocycles. The Labute approximate surface area is 300 Å². The van der Waals surface area contributed by atoms with Crippen molar-refractivity contribution in [2.45, 2.75) is 60.5 Å². The molecule has 1 amide bonds. The number of hydrogen-bond donors (Lipinski definition) is 1. The Hall–Kier alpha value is -4.92. The van der Waals surface area contributed by atoms with E-state index in [1.54, 1.807) is 11.2 Å². The van der Waals surface area contributed by atoms with Gasteiger partial charge in [-0.25, -0.2) is 14.8 Å². The summed E-state index contributed by atoms with van der Waals surface area (Å²) in [4.78, 5) is 37.4. The fourth-order valence-corrected chi connectivity index (χ4v) is 7.79. The van der Waals surface area contributed by atoms with Gasteiger partial charge in [0, 0.05) is 44.0 Å². The minimum absolute atomic E-state index is 0.0690. The maximum Gasteiger partial charge on any atom is 0.339 e. The third-order valence-corrected chi connectivity index (χ3v) is 10.9. The molecule has 4 aromatic carbocycles. The highest BCUT2D eigenvalue weighted by Crippen LogP contribution is 2.44. The molecular weight excluding hydrogens is 671 g/mol. The Morgan fingerprint density at radius 3 is 2.28 bits per heavy atom. The molecule has 0 saturated heterocycles. The number of fused-ring (bicyclic) bond motifs is 4. The predicted molar refractivity (Wildman–Crippen MR) is 199 cm³/mol. The van der Waals surface area contributed by atoms with Crippen molar-refractivity contribution in [2.24, 2.45) is 0 Å². The minimum Gasteiger partial charge on any atom is -0.494 e. The number of aromatic carboxylic acids is 1. The van der Waals surface area contributed by atoms with Gasteiger partial charge in [-0.15, -0.1) is 0 Å². The van der Waals surface area contributed by atoms with Crippen molar-refractivity contribution in [1.29, 1.82) is 0 Å². The summed E-state index contributed by atoms with van der Waals surface area (Å²) < 4.78 is 8.20. The van der Waals surface area contributed by atoms with Gasteiger partial charge in [0.2, 0.25) is 5.91 Å². The van der Waals surface area contributed by atoms with Crippen molar-refractivity contribution in [3.63, 3.8) is 0 Å². The van der Waals surface area contributed by atoms with Gasteiger partial charge in [0.1, 0.15) is 24.2 Å². The Morgan fingerprint density at radius 2 is 1.58 bits per heavy atom. The summed E-state index contributed by atoms with van der Waals surface area (Å²) in [5.74, 6) is -0.619. The molecule has 0 unspecified atom stereocenters. The molecule has 8 nitrogen and oxygen atoms in total. The number of nitrogens with zero attached hydrogens (tertiary/aromatic N) is 4. The molecule has 7 rings (SSSR count). The van der Waals surface area contributed by atoms with Gasteiger partial charge in [0.25, 0.3) is 0 Å². The van der Waals surface area contributed by atoms with Crippen molar-refractivity contribution >= 4 is 62.4 Å². The molecule has 0 aliphatic carbocycles. The molecule has 6 aromatic rings. The van der Waals surface area contributed by atoms with Crippen LogP contribution < -0.4 is 9.64 Å². The van der Waals surface area contributed by atoms with E-state index in [-0.39, 0.29) is 29.6 Å². The second kappa shape index (κ2) is 13.1. The number of rotatable bonds is 8. The Balaban J connectivity index is 1.30. The van der Waals surface area contributed by atoms with Crippen LogP contribution in [0.1, 0.15) is 56.1 Å². The molecule has 10 heteroatoms. The van der Waals surface area contributed by atoms with E-state index in [1.165, 1.54) is 0 Å². The number of aromatic nitrogens is 3. The van der Waals surface area contributed by atoms with Crippen molar-refractivity contribution in [3.05, 3.63) is 116 Å². The van der Waals surface area contributed by atoms with Crippen LogP contribution in [0, 0.1) is 34.6 Å².